The monoisotopic (exact) mass is 307 g/mol. The second-order valence-electron chi connectivity index (χ2n) is 5.64. The molecule has 0 aromatic heterocycles. The van der Waals surface area contributed by atoms with Gasteiger partial charge in [-0.15, -0.1) is 0 Å². The van der Waals surface area contributed by atoms with Gasteiger partial charge in [-0.05, 0) is 38.5 Å². The summed E-state index contributed by atoms with van der Waals surface area (Å²) in [5.74, 6) is 0.0207. The summed E-state index contributed by atoms with van der Waals surface area (Å²) in [5.41, 5.74) is -0.399. The minimum Gasteiger partial charge on any atom is -0.493 e. The number of methoxy groups -OCH3 is 1. The van der Waals surface area contributed by atoms with Crippen LogP contribution >= 0.6 is 0 Å². The maximum absolute atomic E-state index is 12.6. The number of likely N-dealkylation sites (tertiary alicyclic amines) is 1. The van der Waals surface area contributed by atoms with Crippen molar-refractivity contribution >= 4 is 11.9 Å². The van der Waals surface area contributed by atoms with E-state index in [0.29, 0.717) is 36.6 Å². The summed E-state index contributed by atoms with van der Waals surface area (Å²) in [6.45, 7) is 4.65. The Morgan fingerprint density at radius 1 is 1.36 bits per heavy atom. The van der Waals surface area contributed by atoms with Crippen LogP contribution in [0.2, 0.25) is 0 Å². The van der Waals surface area contributed by atoms with Crippen molar-refractivity contribution in [3.8, 4) is 11.5 Å². The fourth-order valence-electron chi connectivity index (χ4n) is 2.57. The van der Waals surface area contributed by atoms with Gasteiger partial charge >= 0.3 is 5.97 Å². The lowest BCUT2D eigenvalue weighted by Gasteiger charge is -2.20. The van der Waals surface area contributed by atoms with E-state index < -0.39 is 11.4 Å². The first-order valence-corrected chi connectivity index (χ1v) is 7.25. The van der Waals surface area contributed by atoms with Crippen molar-refractivity contribution in [2.75, 3.05) is 26.8 Å². The number of carboxylic acids is 1. The molecule has 1 aromatic rings. The van der Waals surface area contributed by atoms with Gasteiger partial charge in [0.25, 0.3) is 5.91 Å². The molecule has 1 aliphatic rings. The lowest BCUT2D eigenvalue weighted by molar-refractivity contribution is -0.147. The summed E-state index contributed by atoms with van der Waals surface area (Å²) in [4.78, 5) is 25.4. The molecule has 120 valence electrons. The number of aliphatic carboxylic acids is 1. The molecule has 1 N–H and O–H groups in total. The number of hydrogen-bond donors (Lipinski definition) is 1. The van der Waals surface area contributed by atoms with Gasteiger partial charge in [-0.1, -0.05) is 0 Å². The molecule has 6 nitrogen and oxygen atoms in total. The quantitative estimate of drug-likeness (QED) is 0.900. The van der Waals surface area contributed by atoms with Crippen LogP contribution in [0.3, 0.4) is 0 Å². The lowest BCUT2D eigenvalue weighted by atomic mass is 9.90. The molecule has 1 aliphatic heterocycles. The molecule has 2 rings (SSSR count). The third-order valence-electron chi connectivity index (χ3n) is 3.99. The Balaban J connectivity index is 2.20. The zero-order valence-corrected chi connectivity index (χ0v) is 13.1. The van der Waals surface area contributed by atoms with Gasteiger partial charge < -0.3 is 19.5 Å². The van der Waals surface area contributed by atoms with Crippen LogP contribution in [0.15, 0.2) is 18.2 Å². The fraction of sp³-hybridized carbons (Fsp3) is 0.500. The van der Waals surface area contributed by atoms with Crippen molar-refractivity contribution in [2.24, 2.45) is 5.41 Å². The topological polar surface area (TPSA) is 76.1 Å². The van der Waals surface area contributed by atoms with E-state index in [2.05, 4.69) is 0 Å². The second-order valence-corrected chi connectivity index (χ2v) is 5.64. The van der Waals surface area contributed by atoms with Crippen LogP contribution < -0.4 is 9.47 Å². The molecule has 6 heteroatoms. The third-order valence-corrected chi connectivity index (χ3v) is 3.99. The zero-order valence-electron chi connectivity index (χ0n) is 13.1. The molecular formula is C16H21NO5. The molecular weight excluding hydrogens is 286 g/mol. The molecule has 0 aliphatic carbocycles. The van der Waals surface area contributed by atoms with Gasteiger partial charge in [-0.25, -0.2) is 0 Å². The summed E-state index contributed by atoms with van der Waals surface area (Å²) in [6.07, 6.45) is 0.461. The van der Waals surface area contributed by atoms with Gasteiger partial charge in [0.1, 0.15) is 0 Å². The first-order chi connectivity index (χ1) is 10.4. The van der Waals surface area contributed by atoms with Crippen LogP contribution in [0.5, 0.6) is 11.5 Å². The Morgan fingerprint density at radius 3 is 2.64 bits per heavy atom. The molecule has 1 fully saturated rings. The molecule has 0 radical (unpaired) electrons. The average Bonchev–Trinajstić information content (AvgIpc) is 2.91. The Bertz CT molecular complexity index is 586. The summed E-state index contributed by atoms with van der Waals surface area (Å²) in [5, 5.41) is 9.25. The van der Waals surface area contributed by atoms with Crippen molar-refractivity contribution in [3.63, 3.8) is 0 Å². The standard InChI is InChI=1S/C16H21NO5/c1-4-22-13-9-11(5-6-12(13)21-3)14(18)17-8-7-16(2,10-17)15(19)20/h5-6,9H,4,7-8,10H2,1-3H3,(H,19,20). The molecule has 1 amide bonds. The van der Waals surface area contributed by atoms with Crippen LogP contribution in [0.25, 0.3) is 0 Å². The van der Waals surface area contributed by atoms with E-state index in [0.717, 1.165) is 0 Å². The molecule has 1 unspecified atom stereocenters. The predicted octanol–water partition coefficient (Wildman–Crippen LogP) is 2.03. The number of amides is 1. The molecule has 0 bridgehead atoms. The van der Waals surface area contributed by atoms with Gasteiger partial charge in [-0.2, -0.15) is 0 Å². The third kappa shape index (κ3) is 3.00. The normalized spacial score (nSPS) is 20.8. The number of carbonyl (C=O) groups is 2. The van der Waals surface area contributed by atoms with Crippen molar-refractivity contribution < 1.29 is 24.2 Å². The molecule has 1 saturated heterocycles. The molecule has 1 aromatic carbocycles. The van der Waals surface area contributed by atoms with Crippen LogP contribution in [0.1, 0.15) is 30.6 Å². The molecule has 1 heterocycles. The van der Waals surface area contributed by atoms with Gasteiger partial charge in [0.15, 0.2) is 11.5 Å². The summed E-state index contributed by atoms with van der Waals surface area (Å²) in [6, 6.07) is 4.99. The highest BCUT2D eigenvalue weighted by atomic mass is 16.5. The van der Waals surface area contributed by atoms with Gasteiger partial charge in [0.2, 0.25) is 0 Å². The van der Waals surface area contributed by atoms with Crippen LogP contribution in [-0.2, 0) is 4.79 Å². The van der Waals surface area contributed by atoms with E-state index >= 15 is 0 Å². The smallest absolute Gasteiger partial charge is 0.311 e. The summed E-state index contributed by atoms with van der Waals surface area (Å²) >= 11 is 0. The lowest BCUT2D eigenvalue weighted by Crippen LogP contribution is -2.34. The van der Waals surface area contributed by atoms with E-state index in [9.17, 15) is 14.7 Å². The Hall–Kier alpha value is -2.24. The fourth-order valence-corrected chi connectivity index (χ4v) is 2.57. The molecule has 0 saturated carbocycles. The number of carboxylic acid groups (broad SMARTS) is 1. The van der Waals surface area contributed by atoms with E-state index in [4.69, 9.17) is 9.47 Å². The number of ether oxygens (including phenoxy) is 2. The highest BCUT2D eigenvalue weighted by Gasteiger charge is 2.42. The van der Waals surface area contributed by atoms with Crippen LogP contribution in [0, 0.1) is 5.41 Å². The average molecular weight is 307 g/mol. The molecule has 0 spiro atoms. The molecule has 22 heavy (non-hydrogen) atoms. The van der Waals surface area contributed by atoms with Gasteiger partial charge in [-0.3, -0.25) is 9.59 Å². The summed E-state index contributed by atoms with van der Waals surface area (Å²) in [7, 11) is 1.54. The maximum Gasteiger partial charge on any atom is 0.311 e. The number of benzene rings is 1. The van der Waals surface area contributed by atoms with Gasteiger partial charge in [0, 0.05) is 18.7 Å². The Labute approximate surface area is 129 Å². The zero-order chi connectivity index (χ0) is 16.3. The molecule has 1 atom stereocenters. The van der Waals surface area contributed by atoms with Crippen molar-refractivity contribution in [1.29, 1.82) is 0 Å². The number of rotatable bonds is 5. The number of nitrogens with zero attached hydrogens (tertiary/aromatic N) is 1. The maximum atomic E-state index is 12.6. The minimum absolute atomic E-state index is 0.186. The van der Waals surface area contributed by atoms with E-state index in [1.54, 1.807) is 30.0 Å². The van der Waals surface area contributed by atoms with Crippen molar-refractivity contribution in [3.05, 3.63) is 23.8 Å². The van der Waals surface area contributed by atoms with Crippen molar-refractivity contribution in [2.45, 2.75) is 20.3 Å². The Morgan fingerprint density at radius 2 is 2.09 bits per heavy atom. The largest absolute Gasteiger partial charge is 0.493 e. The van der Waals surface area contributed by atoms with Crippen LogP contribution in [0.4, 0.5) is 0 Å². The first kappa shape index (κ1) is 16.1. The SMILES string of the molecule is CCOc1cc(C(=O)N2CCC(C)(C(=O)O)C2)ccc1OC. The highest BCUT2D eigenvalue weighted by Crippen LogP contribution is 2.33. The highest BCUT2D eigenvalue weighted by molar-refractivity contribution is 5.95. The summed E-state index contributed by atoms with van der Waals surface area (Å²) < 4.78 is 10.7. The van der Waals surface area contributed by atoms with Crippen LogP contribution in [-0.4, -0.2) is 48.7 Å². The van der Waals surface area contributed by atoms with Crippen molar-refractivity contribution in [1.82, 2.24) is 4.90 Å². The second kappa shape index (κ2) is 6.25. The first-order valence-electron chi connectivity index (χ1n) is 7.25. The van der Waals surface area contributed by atoms with E-state index in [1.807, 2.05) is 6.92 Å². The number of hydrogen-bond acceptors (Lipinski definition) is 4. The number of carbonyl (C=O) groups excluding carboxylic acids is 1. The van der Waals surface area contributed by atoms with E-state index in [-0.39, 0.29) is 12.5 Å². The Kier molecular flexibility index (Phi) is 4.59. The predicted molar refractivity (Wildman–Crippen MR) is 80.4 cm³/mol. The van der Waals surface area contributed by atoms with E-state index in [1.165, 1.54) is 7.11 Å². The minimum atomic E-state index is -0.870. The van der Waals surface area contributed by atoms with Gasteiger partial charge in [0.05, 0.1) is 19.1 Å².